The Morgan fingerprint density at radius 1 is 1.19 bits per heavy atom. The number of fused-ring (bicyclic) bond motifs is 1. The molecule has 7 heteroatoms. The van der Waals surface area contributed by atoms with Gasteiger partial charge in [0.05, 0.1) is 18.0 Å². The van der Waals surface area contributed by atoms with E-state index in [0.29, 0.717) is 11.3 Å². The standard InChI is InChI=1S/C19H23N3O3S/c1-12-6-7-14(11-18(12)22-26(2,24)25)19(23)21-17-5-3-4-13-10-15(20)8-9-16(13)17/h6-11,17,22H,3-5,20H2,1-2H3,(H,21,23). The fourth-order valence-corrected chi connectivity index (χ4v) is 3.92. The molecule has 3 rings (SSSR count). The van der Waals surface area contributed by atoms with Crippen LogP contribution in [0.5, 0.6) is 0 Å². The number of nitrogen functional groups attached to an aromatic ring is 1. The van der Waals surface area contributed by atoms with E-state index in [9.17, 15) is 13.2 Å². The fourth-order valence-electron chi connectivity index (χ4n) is 3.30. The van der Waals surface area contributed by atoms with Crippen molar-refractivity contribution in [3.8, 4) is 0 Å². The predicted molar refractivity (Wildman–Crippen MR) is 104 cm³/mol. The van der Waals surface area contributed by atoms with Gasteiger partial charge in [-0.05, 0) is 67.1 Å². The molecule has 1 unspecified atom stereocenters. The first-order chi connectivity index (χ1) is 12.2. The SMILES string of the molecule is Cc1ccc(C(=O)NC2CCCc3cc(N)ccc32)cc1NS(C)(=O)=O. The molecule has 1 aliphatic rings. The number of anilines is 2. The van der Waals surface area contributed by atoms with Crippen LogP contribution < -0.4 is 15.8 Å². The van der Waals surface area contributed by atoms with Gasteiger partial charge in [0.15, 0.2) is 0 Å². The molecule has 2 aromatic carbocycles. The summed E-state index contributed by atoms with van der Waals surface area (Å²) in [6, 6.07) is 10.7. The van der Waals surface area contributed by atoms with Gasteiger partial charge in [-0.2, -0.15) is 0 Å². The zero-order chi connectivity index (χ0) is 18.9. The van der Waals surface area contributed by atoms with Gasteiger partial charge in [-0.15, -0.1) is 0 Å². The summed E-state index contributed by atoms with van der Waals surface area (Å²) in [5.74, 6) is -0.226. The van der Waals surface area contributed by atoms with Crippen molar-refractivity contribution in [3.05, 3.63) is 58.7 Å². The Morgan fingerprint density at radius 2 is 1.96 bits per heavy atom. The van der Waals surface area contributed by atoms with E-state index in [2.05, 4.69) is 10.0 Å². The van der Waals surface area contributed by atoms with Crippen molar-refractivity contribution in [3.63, 3.8) is 0 Å². The average Bonchev–Trinajstić information content (AvgIpc) is 2.55. The number of aryl methyl sites for hydroxylation is 2. The highest BCUT2D eigenvalue weighted by Gasteiger charge is 2.22. The molecule has 2 aromatic rings. The number of nitrogens with two attached hydrogens (primary N) is 1. The van der Waals surface area contributed by atoms with Crippen LogP contribution in [0.15, 0.2) is 36.4 Å². The summed E-state index contributed by atoms with van der Waals surface area (Å²) in [4.78, 5) is 12.7. The summed E-state index contributed by atoms with van der Waals surface area (Å²) >= 11 is 0. The van der Waals surface area contributed by atoms with E-state index in [1.807, 2.05) is 18.2 Å². The summed E-state index contributed by atoms with van der Waals surface area (Å²) in [7, 11) is -3.41. The lowest BCUT2D eigenvalue weighted by Gasteiger charge is -2.27. The molecule has 0 aromatic heterocycles. The minimum absolute atomic E-state index is 0.0699. The lowest BCUT2D eigenvalue weighted by atomic mass is 9.87. The Labute approximate surface area is 153 Å². The summed E-state index contributed by atoms with van der Waals surface area (Å²) in [6.07, 6.45) is 3.89. The number of amides is 1. The van der Waals surface area contributed by atoms with Crippen LogP contribution in [0, 0.1) is 6.92 Å². The first-order valence-electron chi connectivity index (χ1n) is 8.50. The van der Waals surface area contributed by atoms with E-state index in [-0.39, 0.29) is 11.9 Å². The molecule has 26 heavy (non-hydrogen) atoms. The second-order valence-electron chi connectivity index (χ2n) is 6.78. The Kier molecular flexibility index (Phi) is 4.91. The monoisotopic (exact) mass is 373 g/mol. The molecular weight excluding hydrogens is 350 g/mol. The van der Waals surface area contributed by atoms with Crippen LogP contribution in [0.25, 0.3) is 0 Å². The zero-order valence-electron chi connectivity index (χ0n) is 14.9. The van der Waals surface area contributed by atoms with Crippen LogP contribution in [0.1, 0.15) is 45.9 Å². The number of hydrogen-bond acceptors (Lipinski definition) is 4. The van der Waals surface area contributed by atoms with E-state index < -0.39 is 10.0 Å². The van der Waals surface area contributed by atoms with Gasteiger partial charge in [0.25, 0.3) is 5.91 Å². The fraction of sp³-hybridized carbons (Fsp3) is 0.316. The average molecular weight is 373 g/mol. The van der Waals surface area contributed by atoms with Crippen molar-refractivity contribution >= 4 is 27.3 Å². The summed E-state index contributed by atoms with van der Waals surface area (Å²) in [5, 5.41) is 3.06. The highest BCUT2D eigenvalue weighted by Crippen LogP contribution is 2.31. The Bertz CT molecular complexity index is 954. The molecule has 4 N–H and O–H groups in total. The number of carbonyl (C=O) groups excluding carboxylic acids is 1. The maximum atomic E-state index is 12.7. The van der Waals surface area contributed by atoms with Crippen molar-refractivity contribution in [1.29, 1.82) is 0 Å². The van der Waals surface area contributed by atoms with Gasteiger partial charge in [-0.25, -0.2) is 8.42 Å². The Hall–Kier alpha value is -2.54. The van der Waals surface area contributed by atoms with Crippen LogP contribution in [-0.4, -0.2) is 20.6 Å². The van der Waals surface area contributed by atoms with Gasteiger partial charge < -0.3 is 11.1 Å². The molecule has 0 spiro atoms. The Morgan fingerprint density at radius 3 is 2.69 bits per heavy atom. The molecule has 0 saturated carbocycles. The second kappa shape index (κ2) is 6.99. The largest absolute Gasteiger partial charge is 0.399 e. The topological polar surface area (TPSA) is 101 Å². The van der Waals surface area contributed by atoms with Crippen molar-refractivity contribution in [2.75, 3.05) is 16.7 Å². The van der Waals surface area contributed by atoms with Gasteiger partial charge >= 0.3 is 0 Å². The van der Waals surface area contributed by atoms with Crippen LogP contribution in [0.2, 0.25) is 0 Å². The molecule has 0 radical (unpaired) electrons. The summed E-state index contributed by atoms with van der Waals surface area (Å²) in [5.41, 5.74) is 10.4. The molecule has 1 aliphatic carbocycles. The van der Waals surface area contributed by atoms with E-state index in [0.717, 1.165) is 42.3 Å². The number of carbonyl (C=O) groups is 1. The van der Waals surface area contributed by atoms with E-state index >= 15 is 0 Å². The lowest BCUT2D eigenvalue weighted by Crippen LogP contribution is -2.31. The maximum absolute atomic E-state index is 12.7. The smallest absolute Gasteiger partial charge is 0.251 e. The van der Waals surface area contributed by atoms with Crippen LogP contribution in [-0.2, 0) is 16.4 Å². The van der Waals surface area contributed by atoms with Crippen molar-refractivity contribution in [1.82, 2.24) is 5.32 Å². The highest BCUT2D eigenvalue weighted by atomic mass is 32.2. The van der Waals surface area contributed by atoms with E-state index in [4.69, 9.17) is 5.73 Å². The van der Waals surface area contributed by atoms with Gasteiger partial charge in [0.1, 0.15) is 0 Å². The summed E-state index contributed by atoms with van der Waals surface area (Å²) in [6.45, 7) is 1.79. The number of rotatable bonds is 4. The van der Waals surface area contributed by atoms with Gasteiger partial charge in [-0.1, -0.05) is 12.1 Å². The molecule has 0 saturated heterocycles. The van der Waals surface area contributed by atoms with Crippen molar-refractivity contribution in [2.45, 2.75) is 32.2 Å². The molecule has 0 bridgehead atoms. The summed E-state index contributed by atoms with van der Waals surface area (Å²) < 4.78 is 25.4. The highest BCUT2D eigenvalue weighted by molar-refractivity contribution is 7.92. The molecule has 0 fully saturated rings. The quantitative estimate of drug-likeness (QED) is 0.717. The minimum Gasteiger partial charge on any atom is -0.399 e. The van der Waals surface area contributed by atoms with Crippen LogP contribution >= 0.6 is 0 Å². The lowest BCUT2D eigenvalue weighted by molar-refractivity contribution is 0.0933. The first kappa shape index (κ1) is 18.3. The maximum Gasteiger partial charge on any atom is 0.251 e. The van der Waals surface area contributed by atoms with Crippen LogP contribution in [0.3, 0.4) is 0 Å². The molecule has 0 heterocycles. The Balaban J connectivity index is 1.82. The third-order valence-corrected chi connectivity index (χ3v) is 5.17. The van der Waals surface area contributed by atoms with Crippen molar-refractivity contribution in [2.24, 2.45) is 0 Å². The van der Waals surface area contributed by atoms with Gasteiger partial charge in [0, 0.05) is 11.3 Å². The molecule has 6 nitrogen and oxygen atoms in total. The zero-order valence-corrected chi connectivity index (χ0v) is 15.7. The van der Waals surface area contributed by atoms with Crippen LogP contribution in [0.4, 0.5) is 11.4 Å². The van der Waals surface area contributed by atoms with Gasteiger partial charge in [-0.3, -0.25) is 9.52 Å². The van der Waals surface area contributed by atoms with Gasteiger partial charge in [0.2, 0.25) is 10.0 Å². The van der Waals surface area contributed by atoms with E-state index in [1.165, 1.54) is 5.56 Å². The second-order valence-corrected chi connectivity index (χ2v) is 8.53. The number of hydrogen-bond donors (Lipinski definition) is 3. The molecule has 138 valence electrons. The number of benzene rings is 2. The van der Waals surface area contributed by atoms with Crippen molar-refractivity contribution < 1.29 is 13.2 Å². The molecular formula is C19H23N3O3S. The first-order valence-corrected chi connectivity index (χ1v) is 10.4. The third-order valence-electron chi connectivity index (χ3n) is 4.58. The minimum atomic E-state index is -3.41. The number of nitrogens with one attached hydrogen (secondary N) is 2. The molecule has 1 atom stereocenters. The molecule has 1 amide bonds. The molecule has 0 aliphatic heterocycles. The predicted octanol–water partition coefficient (Wildman–Crippen LogP) is 2.76. The number of sulfonamides is 1. The third kappa shape index (κ3) is 4.16. The van der Waals surface area contributed by atoms with E-state index in [1.54, 1.807) is 25.1 Å². The normalized spacial score (nSPS) is 16.6.